The number of aromatic nitrogens is 2. The van der Waals surface area contributed by atoms with E-state index in [2.05, 4.69) is 41.1 Å². The number of hydrogen-bond donors (Lipinski definition) is 0. The molecule has 114 valence electrons. The molecule has 3 rings (SSSR count). The largest absolute Gasteiger partial charge is 0.347 e. The monoisotopic (exact) mass is 331 g/mol. The highest BCUT2D eigenvalue weighted by atomic mass is 32.2. The van der Waals surface area contributed by atoms with E-state index in [-0.39, 0.29) is 11.2 Å². The Morgan fingerprint density at radius 3 is 2.86 bits per heavy atom. The minimum atomic E-state index is -0.158. The summed E-state index contributed by atoms with van der Waals surface area (Å²) in [4.78, 5) is 14.4. The van der Waals surface area contributed by atoms with Gasteiger partial charge in [0.2, 0.25) is 0 Å². The predicted molar refractivity (Wildman–Crippen MR) is 91.6 cm³/mol. The molecule has 0 saturated carbocycles. The van der Waals surface area contributed by atoms with Gasteiger partial charge in [0.1, 0.15) is 5.51 Å². The van der Waals surface area contributed by atoms with Gasteiger partial charge < -0.3 is 4.90 Å². The van der Waals surface area contributed by atoms with Crippen LogP contribution in [-0.2, 0) is 10.2 Å². The molecule has 4 nitrogen and oxygen atoms in total. The van der Waals surface area contributed by atoms with Gasteiger partial charge in [-0.05, 0) is 11.6 Å². The van der Waals surface area contributed by atoms with E-state index in [9.17, 15) is 4.79 Å². The van der Waals surface area contributed by atoms with Crippen LogP contribution in [0.3, 0.4) is 0 Å². The SMILES string of the molecule is CN1C(=CC(=O)CSc2nncs2)C(C)(C)c2ccccc21. The maximum atomic E-state index is 12.3. The molecule has 0 radical (unpaired) electrons. The number of rotatable bonds is 4. The Hall–Kier alpha value is -1.66. The average Bonchev–Trinajstić information content (AvgIpc) is 3.08. The van der Waals surface area contributed by atoms with Crippen LogP contribution in [-0.4, -0.2) is 28.8 Å². The summed E-state index contributed by atoms with van der Waals surface area (Å²) in [6.45, 7) is 4.32. The molecular weight excluding hydrogens is 314 g/mol. The van der Waals surface area contributed by atoms with Gasteiger partial charge in [-0.2, -0.15) is 0 Å². The zero-order valence-corrected chi connectivity index (χ0v) is 14.4. The Labute approximate surface area is 138 Å². The van der Waals surface area contributed by atoms with E-state index < -0.39 is 0 Å². The number of carbonyl (C=O) groups is 1. The smallest absolute Gasteiger partial charge is 0.174 e. The fourth-order valence-electron chi connectivity index (χ4n) is 2.81. The molecule has 1 aromatic heterocycles. The Morgan fingerprint density at radius 1 is 1.41 bits per heavy atom. The number of benzene rings is 1. The Morgan fingerprint density at radius 2 is 2.18 bits per heavy atom. The van der Waals surface area contributed by atoms with Crippen LogP contribution in [0.4, 0.5) is 5.69 Å². The van der Waals surface area contributed by atoms with Gasteiger partial charge in [-0.3, -0.25) is 4.79 Å². The van der Waals surface area contributed by atoms with Crippen LogP contribution in [0, 0.1) is 0 Å². The van der Waals surface area contributed by atoms with Gasteiger partial charge in [-0.15, -0.1) is 10.2 Å². The normalized spacial score (nSPS) is 17.8. The van der Waals surface area contributed by atoms with E-state index in [4.69, 9.17) is 0 Å². The molecule has 0 saturated heterocycles. The molecule has 0 unspecified atom stereocenters. The summed E-state index contributed by atoms with van der Waals surface area (Å²) < 4.78 is 0.828. The molecule has 1 aliphatic heterocycles. The standard InChI is InChI=1S/C16H17N3OS2/c1-16(2)12-6-4-5-7-13(12)19(3)14(16)8-11(20)9-21-15-18-17-10-22-15/h4-8,10H,9H2,1-3H3. The predicted octanol–water partition coefficient (Wildman–Crippen LogP) is 3.51. The fourth-order valence-corrected chi connectivity index (χ4v) is 4.12. The third kappa shape index (κ3) is 2.68. The van der Waals surface area contributed by atoms with Crippen molar-refractivity contribution in [2.45, 2.75) is 23.6 Å². The molecule has 0 spiro atoms. The van der Waals surface area contributed by atoms with Crippen molar-refractivity contribution in [2.75, 3.05) is 17.7 Å². The minimum absolute atomic E-state index is 0.0999. The highest BCUT2D eigenvalue weighted by Gasteiger charge is 2.38. The Kier molecular flexibility index (Phi) is 4.06. The number of likely N-dealkylation sites (N-methyl/N-ethyl adjacent to an activating group) is 1. The lowest BCUT2D eigenvalue weighted by molar-refractivity contribution is -0.112. The van der Waals surface area contributed by atoms with E-state index in [1.165, 1.54) is 34.3 Å². The van der Waals surface area contributed by atoms with Crippen molar-refractivity contribution in [3.05, 3.63) is 47.1 Å². The van der Waals surface area contributed by atoms with Crippen molar-refractivity contribution in [2.24, 2.45) is 0 Å². The number of allylic oxidation sites excluding steroid dienone is 2. The quantitative estimate of drug-likeness (QED) is 0.634. The first kappa shape index (κ1) is 15.2. The highest BCUT2D eigenvalue weighted by Crippen LogP contribution is 2.46. The number of carbonyl (C=O) groups excluding carboxylic acids is 1. The van der Waals surface area contributed by atoms with Crippen molar-refractivity contribution < 1.29 is 4.79 Å². The summed E-state index contributed by atoms with van der Waals surface area (Å²) in [6, 6.07) is 8.30. The van der Waals surface area contributed by atoms with Crippen molar-refractivity contribution in [1.82, 2.24) is 10.2 Å². The van der Waals surface area contributed by atoms with Crippen LogP contribution >= 0.6 is 23.1 Å². The minimum Gasteiger partial charge on any atom is -0.347 e. The van der Waals surface area contributed by atoms with E-state index in [1.807, 2.05) is 19.2 Å². The molecule has 1 aliphatic rings. The lowest BCUT2D eigenvalue weighted by Gasteiger charge is -2.23. The van der Waals surface area contributed by atoms with Crippen molar-refractivity contribution in [3.63, 3.8) is 0 Å². The molecule has 0 bridgehead atoms. The second-order valence-corrected chi connectivity index (χ2v) is 7.75. The van der Waals surface area contributed by atoms with Gasteiger partial charge in [0.25, 0.3) is 0 Å². The maximum absolute atomic E-state index is 12.3. The molecule has 0 fully saturated rings. The number of nitrogens with zero attached hydrogens (tertiary/aromatic N) is 3. The van der Waals surface area contributed by atoms with Gasteiger partial charge in [-0.25, -0.2) is 0 Å². The van der Waals surface area contributed by atoms with Crippen LogP contribution in [0.15, 0.2) is 45.9 Å². The number of anilines is 1. The summed E-state index contributed by atoms with van der Waals surface area (Å²) in [6.07, 6.45) is 1.77. The second-order valence-electron chi connectivity index (χ2n) is 5.69. The van der Waals surface area contributed by atoms with Crippen LogP contribution in [0.1, 0.15) is 19.4 Å². The topological polar surface area (TPSA) is 46.1 Å². The zero-order chi connectivity index (χ0) is 15.7. The van der Waals surface area contributed by atoms with E-state index >= 15 is 0 Å². The van der Waals surface area contributed by atoms with Gasteiger partial charge in [-0.1, -0.05) is 55.1 Å². The van der Waals surface area contributed by atoms with E-state index in [0.717, 1.165) is 10.0 Å². The summed E-state index contributed by atoms with van der Waals surface area (Å²) >= 11 is 2.89. The van der Waals surface area contributed by atoms with Crippen molar-refractivity contribution >= 4 is 34.6 Å². The van der Waals surface area contributed by atoms with Crippen LogP contribution in [0.25, 0.3) is 0 Å². The molecule has 22 heavy (non-hydrogen) atoms. The van der Waals surface area contributed by atoms with Crippen LogP contribution in [0.5, 0.6) is 0 Å². The zero-order valence-electron chi connectivity index (χ0n) is 12.7. The fraction of sp³-hybridized carbons (Fsp3) is 0.312. The van der Waals surface area contributed by atoms with Gasteiger partial charge in [0.15, 0.2) is 10.1 Å². The molecule has 2 heterocycles. The van der Waals surface area contributed by atoms with Crippen LogP contribution in [0.2, 0.25) is 0 Å². The maximum Gasteiger partial charge on any atom is 0.174 e. The molecule has 0 amide bonds. The first-order chi connectivity index (χ1) is 10.5. The van der Waals surface area contributed by atoms with Gasteiger partial charge >= 0.3 is 0 Å². The number of ketones is 1. The van der Waals surface area contributed by atoms with Gasteiger partial charge in [0, 0.05) is 29.9 Å². The molecule has 0 atom stereocenters. The Balaban J connectivity index is 1.81. The second kappa shape index (κ2) is 5.85. The molecule has 6 heteroatoms. The lowest BCUT2D eigenvalue weighted by atomic mass is 9.83. The van der Waals surface area contributed by atoms with Crippen molar-refractivity contribution in [1.29, 1.82) is 0 Å². The average molecular weight is 331 g/mol. The number of hydrogen-bond acceptors (Lipinski definition) is 6. The highest BCUT2D eigenvalue weighted by molar-refractivity contribution is 8.01. The molecule has 2 aromatic rings. The van der Waals surface area contributed by atoms with E-state index in [1.54, 1.807) is 11.6 Å². The summed E-state index contributed by atoms with van der Waals surface area (Å²) in [5, 5.41) is 7.72. The third-order valence-electron chi connectivity index (χ3n) is 3.92. The first-order valence-corrected chi connectivity index (χ1v) is 8.84. The molecule has 0 N–H and O–H groups in total. The molecule has 1 aromatic carbocycles. The summed E-state index contributed by atoms with van der Waals surface area (Å²) in [5.74, 6) is 0.488. The van der Waals surface area contributed by atoms with Gasteiger partial charge in [0.05, 0.1) is 5.75 Å². The molecule has 0 aliphatic carbocycles. The lowest BCUT2D eigenvalue weighted by Crippen LogP contribution is -2.24. The van der Waals surface area contributed by atoms with Crippen molar-refractivity contribution in [3.8, 4) is 0 Å². The first-order valence-electron chi connectivity index (χ1n) is 6.97. The van der Waals surface area contributed by atoms with E-state index in [0.29, 0.717) is 5.75 Å². The summed E-state index contributed by atoms with van der Waals surface area (Å²) in [7, 11) is 2.02. The number of fused-ring (bicyclic) bond motifs is 1. The number of para-hydroxylation sites is 1. The summed E-state index contributed by atoms with van der Waals surface area (Å²) in [5.41, 5.74) is 4.98. The number of thioether (sulfide) groups is 1. The van der Waals surface area contributed by atoms with Crippen LogP contribution < -0.4 is 4.90 Å². The molecular formula is C16H17N3OS2. The third-order valence-corrected chi connectivity index (χ3v) is 5.80. The Bertz CT molecular complexity index is 723.